The molecule has 166 valence electrons. The number of anilines is 2. The topological polar surface area (TPSA) is 130 Å². The minimum Gasteiger partial charge on any atom is -0.453 e. The van der Waals surface area contributed by atoms with Crippen LogP contribution in [0.2, 0.25) is 0 Å². The number of hydrogen-bond acceptors (Lipinski definition) is 6. The van der Waals surface area contributed by atoms with E-state index >= 15 is 0 Å². The number of carbonyl (C=O) groups is 3. The quantitative estimate of drug-likeness (QED) is 0.215. The average molecular weight is 447 g/mol. The molecular weight excluding hydrogens is 429 g/mol. The van der Waals surface area contributed by atoms with Gasteiger partial charge in [-0.2, -0.15) is 0 Å². The highest BCUT2D eigenvalue weighted by Crippen LogP contribution is 2.31. The van der Waals surface area contributed by atoms with Crippen molar-refractivity contribution in [3.63, 3.8) is 0 Å². The molecule has 2 aromatic carbocycles. The van der Waals surface area contributed by atoms with E-state index in [0.717, 1.165) is 11.1 Å². The van der Waals surface area contributed by atoms with Gasteiger partial charge in [-0.15, -0.1) is 0 Å². The Labute approximate surface area is 186 Å². The number of benzene rings is 2. The lowest BCUT2D eigenvalue weighted by Crippen LogP contribution is -2.38. The molecule has 9 nitrogen and oxygen atoms in total. The Morgan fingerprint density at radius 3 is 2.73 bits per heavy atom. The number of nitrogens with two attached hydrogens (primary N) is 1. The van der Waals surface area contributed by atoms with Gasteiger partial charge in [0.2, 0.25) is 0 Å². The molecule has 4 rings (SSSR count). The normalized spacial score (nSPS) is 10.6. The van der Waals surface area contributed by atoms with Crippen molar-refractivity contribution in [2.24, 2.45) is 5.73 Å². The van der Waals surface area contributed by atoms with Crippen LogP contribution in [0, 0.1) is 5.82 Å². The van der Waals surface area contributed by atoms with Crippen molar-refractivity contribution in [3.8, 4) is 11.5 Å². The number of nitrogens with zero attached hydrogens (tertiary/aromatic N) is 2. The van der Waals surface area contributed by atoms with Gasteiger partial charge in [-0.05, 0) is 36.4 Å². The molecule has 4 N–H and O–H groups in total. The number of hydrazine groups is 1. The molecule has 0 fully saturated rings. The number of pyridine rings is 1. The number of fused-ring (bicyclic) bond motifs is 1. The first-order valence-corrected chi connectivity index (χ1v) is 9.79. The number of ether oxygens (including phenoxy) is 1. The SMILES string of the molecule is NC(=O)c1ccccc1N(Nc1ccc(Oc2ccnc3[nH]ccc23)c(F)c1)C(=O)CC=O. The summed E-state index contributed by atoms with van der Waals surface area (Å²) in [5.41, 5.74) is 9.11. The minimum atomic E-state index is -0.764. The lowest BCUT2D eigenvalue weighted by Gasteiger charge is -2.25. The molecule has 0 unspecified atom stereocenters. The summed E-state index contributed by atoms with van der Waals surface area (Å²) in [6.45, 7) is 0. The van der Waals surface area contributed by atoms with E-state index in [2.05, 4.69) is 15.4 Å². The molecule has 2 heterocycles. The number of amides is 2. The van der Waals surface area contributed by atoms with Crippen molar-refractivity contribution in [2.75, 3.05) is 10.4 Å². The van der Waals surface area contributed by atoms with Crippen LogP contribution in [0.25, 0.3) is 11.0 Å². The number of para-hydroxylation sites is 1. The summed E-state index contributed by atoms with van der Waals surface area (Å²) in [5, 5.41) is 1.67. The van der Waals surface area contributed by atoms with Crippen LogP contribution in [0.15, 0.2) is 67.0 Å². The van der Waals surface area contributed by atoms with E-state index in [1.807, 2.05) is 0 Å². The molecule has 4 aromatic rings. The first kappa shape index (κ1) is 21.5. The number of hydrogen-bond donors (Lipinski definition) is 3. The van der Waals surface area contributed by atoms with Crippen LogP contribution in [-0.4, -0.2) is 28.1 Å². The van der Waals surface area contributed by atoms with E-state index in [0.29, 0.717) is 23.1 Å². The Kier molecular flexibility index (Phi) is 5.98. The largest absolute Gasteiger partial charge is 0.453 e. The lowest BCUT2D eigenvalue weighted by molar-refractivity contribution is -0.121. The number of aromatic nitrogens is 2. The first-order valence-electron chi connectivity index (χ1n) is 9.79. The highest BCUT2D eigenvalue weighted by atomic mass is 19.1. The fraction of sp³-hybridized carbons (Fsp3) is 0.0435. The summed E-state index contributed by atoms with van der Waals surface area (Å²) >= 11 is 0. The van der Waals surface area contributed by atoms with Gasteiger partial charge in [0.25, 0.3) is 11.8 Å². The van der Waals surface area contributed by atoms with Gasteiger partial charge in [0.05, 0.1) is 28.7 Å². The molecule has 2 aromatic heterocycles. The summed E-state index contributed by atoms with van der Waals surface area (Å²) in [7, 11) is 0. The number of carbonyl (C=O) groups excluding carboxylic acids is 3. The van der Waals surface area contributed by atoms with Gasteiger partial charge in [0, 0.05) is 18.5 Å². The van der Waals surface area contributed by atoms with Crippen molar-refractivity contribution in [2.45, 2.75) is 6.42 Å². The second-order valence-corrected chi connectivity index (χ2v) is 6.89. The van der Waals surface area contributed by atoms with Gasteiger partial charge < -0.3 is 20.2 Å². The van der Waals surface area contributed by atoms with Crippen LogP contribution < -0.4 is 20.9 Å². The van der Waals surface area contributed by atoms with E-state index in [1.165, 1.54) is 30.5 Å². The maximum atomic E-state index is 14.8. The van der Waals surface area contributed by atoms with Gasteiger partial charge >= 0.3 is 0 Å². The highest BCUT2D eigenvalue weighted by molar-refractivity contribution is 6.07. The van der Waals surface area contributed by atoms with Gasteiger partial charge in [-0.3, -0.25) is 15.0 Å². The predicted octanol–water partition coefficient (Wildman–Crippen LogP) is 3.54. The molecule has 2 amide bonds. The fourth-order valence-corrected chi connectivity index (χ4v) is 3.22. The molecular formula is C23H18FN5O4. The van der Waals surface area contributed by atoms with E-state index in [-0.39, 0.29) is 22.7 Å². The van der Waals surface area contributed by atoms with Crippen molar-refractivity contribution < 1.29 is 23.5 Å². The van der Waals surface area contributed by atoms with Crippen LogP contribution in [0.5, 0.6) is 11.5 Å². The number of primary amides is 1. The van der Waals surface area contributed by atoms with Crippen LogP contribution in [0.3, 0.4) is 0 Å². The second kappa shape index (κ2) is 9.18. The molecule has 0 spiro atoms. The van der Waals surface area contributed by atoms with E-state index in [1.54, 1.807) is 30.5 Å². The summed E-state index contributed by atoms with van der Waals surface area (Å²) in [6, 6.07) is 13.5. The van der Waals surface area contributed by atoms with E-state index in [4.69, 9.17) is 10.5 Å². The Hall–Kier alpha value is -4.73. The fourth-order valence-electron chi connectivity index (χ4n) is 3.22. The van der Waals surface area contributed by atoms with Crippen LogP contribution in [0.1, 0.15) is 16.8 Å². The van der Waals surface area contributed by atoms with Gasteiger partial charge in [0.15, 0.2) is 11.6 Å². The molecule has 0 saturated heterocycles. The van der Waals surface area contributed by atoms with Gasteiger partial charge in [0.1, 0.15) is 17.7 Å². The highest BCUT2D eigenvalue weighted by Gasteiger charge is 2.21. The molecule has 0 saturated carbocycles. The number of aromatic amines is 1. The zero-order valence-electron chi connectivity index (χ0n) is 17.1. The maximum Gasteiger partial charge on any atom is 0.252 e. The molecule has 33 heavy (non-hydrogen) atoms. The number of halogens is 1. The molecule has 10 heteroatoms. The standard InChI is InChI=1S/C23H18FN5O4/c24-17-13-14(5-6-20(17)33-19-8-11-27-23-16(19)7-10-26-23)28-29(21(31)9-12-30)18-4-2-1-3-15(18)22(25)32/h1-8,10-13,28H,9H2,(H2,25,32)(H,26,27). The third-order valence-corrected chi connectivity index (χ3v) is 4.73. The maximum absolute atomic E-state index is 14.8. The smallest absolute Gasteiger partial charge is 0.252 e. The second-order valence-electron chi connectivity index (χ2n) is 6.89. The number of nitrogens with one attached hydrogen (secondary N) is 2. The Bertz CT molecular complexity index is 1350. The molecule has 0 aliphatic carbocycles. The Balaban J connectivity index is 1.63. The van der Waals surface area contributed by atoms with Crippen LogP contribution in [0.4, 0.5) is 15.8 Å². The summed E-state index contributed by atoms with van der Waals surface area (Å²) in [5.74, 6) is -1.76. The van der Waals surface area contributed by atoms with Crippen molar-refractivity contribution in [1.29, 1.82) is 0 Å². The molecule has 0 atom stereocenters. The van der Waals surface area contributed by atoms with Crippen molar-refractivity contribution >= 4 is 40.5 Å². The molecule has 0 aliphatic heterocycles. The van der Waals surface area contributed by atoms with Crippen LogP contribution >= 0.6 is 0 Å². The Morgan fingerprint density at radius 2 is 1.97 bits per heavy atom. The van der Waals surface area contributed by atoms with E-state index < -0.39 is 24.1 Å². The van der Waals surface area contributed by atoms with Crippen LogP contribution in [-0.2, 0) is 9.59 Å². The molecule has 0 radical (unpaired) electrons. The minimum absolute atomic E-state index is 0.0439. The monoisotopic (exact) mass is 447 g/mol. The van der Waals surface area contributed by atoms with Crippen molar-refractivity contribution in [1.82, 2.24) is 9.97 Å². The third-order valence-electron chi connectivity index (χ3n) is 4.73. The predicted molar refractivity (Wildman–Crippen MR) is 119 cm³/mol. The Morgan fingerprint density at radius 1 is 1.15 bits per heavy atom. The summed E-state index contributed by atoms with van der Waals surface area (Å²) < 4.78 is 20.6. The zero-order chi connectivity index (χ0) is 23.4. The third kappa shape index (κ3) is 4.49. The molecule has 0 aliphatic rings. The average Bonchev–Trinajstić information content (AvgIpc) is 3.29. The lowest BCUT2D eigenvalue weighted by atomic mass is 10.1. The van der Waals surface area contributed by atoms with Gasteiger partial charge in [-0.1, -0.05) is 12.1 Å². The molecule has 0 bridgehead atoms. The van der Waals surface area contributed by atoms with E-state index in [9.17, 15) is 18.8 Å². The van der Waals surface area contributed by atoms with Crippen molar-refractivity contribution in [3.05, 3.63) is 78.4 Å². The number of H-pyrrole nitrogens is 1. The summed E-state index contributed by atoms with van der Waals surface area (Å²) in [4.78, 5) is 42.4. The number of aldehydes is 1. The number of rotatable bonds is 8. The summed E-state index contributed by atoms with van der Waals surface area (Å²) in [6.07, 6.45) is 3.20. The zero-order valence-corrected chi connectivity index (χ0v) is 17.1. The van der Waals surface area contributed by atoms with Gasteiger partial charge in [-0.25, -0.2) is 14.4 Å². The first-order chi connectivity index (χ1) is 16.0.